The molecule has 0 radical (unpaired) electrons. The van der Waals surface area contributed by atoms with Crippen molar-refractivity contribution in [2.45, 2.75) is 37.6 Å². The molecule has 0 bridgehead atoms. The lowest BCUT2D eigenvalue weighted by Gasteiger charge is -2.34. The summed E-state index contributed by atoms with van der Waals surface area (Å²) in [6, 6.07) is 16.6. The first-order valence-electron chi connectivity index (χ1n) is 10.3. The fraction of sp³-hybridized carbons (Fsp3) is 0.435. The normalized spacial score (nSPS) is 15.9. The average Bonchev–Trinajstić information content (AvgIpc) is 2.71. The monoisotopic (exact) mass is 429 g/mol. The van der Waals surface area contributed by atoms with Gasteiger partial charge in [-0.25, -0.2) is 13.1 Å². The molecule has 0 saturated carbocycles. The molecule has 1 aliphatic rings. The van der Waals surface area contributed by atoms with E-state index in [1.54, 1.807) is 32.9 Å². The molecule has 162 valence electrons. The Hall–Kier alpha value is -2.22. The van der Waals surface area contributed by atoms with Gasteiger partial charge in [-0.2, -0.15) is 0 Å². The summed E-state index contributed by atoms with van der Waals surface area (Å²) in [5.74, 6) is -0.0505. The van der Waals surface area contributed by atoms with E-state index in [9.17, 15) is 13.2 Å². The first kappa shape index (κ1) is 22.5. The van der Waals surface area contributed by atoms with E-state index in [0.717, 1.165) is 26.1 Å². The van der Waals surface area contributed by atoms with Gasteiger partial charge in [-0.05, 0) is 57.0 Å². The molecule has 1 N–H and O–H groups in total. The number of hydrogen-bond donors (Lipinski definition) is 1. The molecule has 7 heteroatoms. The van der Waals surface area contributed by atoms with Crippen molar-refractivity contribution in [1.29, 1.82) is 0 Å². The molecule has 3 rings (SSSR count). The molecule has 2 aromatic rings. The lowest BCUT2D eigenvalue weighted by molar-refractivity contribution is 0.0638. The van der Waals surface area contributed by atoms with Crippen LogP contribution in [0.1, 0.15) is 36.7 Å². The van der Waals surface area contributed by atoms with Crippen molar-refractivity contribution in [3.8, 4) is 0 Å². The molecule has 6 nitrogen and oxygen atoms in total. The van der Waals surface area contributed by atoms with E-state index >= 15 is 0 Å². The van der Waals surface area contributed by atoms with Gasteiger partial charge in [0.05, 0.1) is 4.90 Å². The highest BCUT2D eigenvalue weighted by Crippen LogP contribution is 2.16. The topological polar surface area (TPSA) is 69.7 Å². The Labute approximate surface area is 179 Å². The second-order valence-electron chi connectivity index (χ2n) is 8.75. The number of nitrogens with zero attached hydrogens (tertiary/aromatic N) is 2. The third kappa shape index (κ3) is 6.14. The van der Waals surface area contributed by atoms with Gasteiger partial charge < -0.3 is 4.90 Å². The number of rotatable bonds is 6. The Morgan fingerprint density at radius 1 is 0.933 bits per heavy atom. The quantitative estimate of drug-likeness (QED) is 0.767. The number of hydrogen-bond acceptors (Lipinski definition) is 4. The third-order valence-corrected chi connectivity index (χ3v) is 6.85. The van der Waals surface area contributed by atoms with Crippen molar-refractivity contribution in [2.24, 2.45) is 0 Å². The maximum atomic E-state index is 12.8. The van der Waals surface area contributed by atoms with Crippen molar-refractivity contribution in [3.63, 3.8) is 0 Å². The van der Waals surface area contributed by atoms with Gasteiger partial charge in [-0.15, -0.1) is 0 Å². The molecule has 1 heterocycles. The van der Waals surface area contributed by atoms with Gasteiger partial charge in [0.15, 0.2) is 0 Å². The molecule has 0 aromatic heterocycles. The molecule has 30 heavy (non-hydrogen) atoms. The Morgan fingerprint density at radius 3 is 2.10 bits per heavy atom. The van der Waals surface area contributed by atoms with E-state index in [0.29, 0.717) is 18.7 Å². The predicted octanol–water partition coefficient (Wildman–Crippen LogP) is 2.76. The molecule has 1 fully saturated rings. The molecule has 0 aliphatic carbocycles. The van der Waals surface area contributed by atoms with Gasteiger partial charge in [0, 0.05) is 43.8 Å². The highest BCUT2D eigenvalue weighted by atomic mass is 32.2. The van der Waals surface area contributed by atoms with Crippen LogP contribution in [0.3, 0.4) is 0 Å². The maximum Gasteiger partial charge on any atom is 0.253 e. The zero-order chi connectivity index (χ0) is 21.8. The van der Waals surface area contributed by atoms with E-state index in [-0.39, 0.29) is 10.8 Å². The van der Waals surface area contributed by atoms with E-state index in [1.807, 2.05) is 11.0 Å². The van der Waals surface area contributed by atoms with Crippen LogP contribution >= 0.6 is 0 Å². The minimum absolute atomic E-state index is 0.0505. The van der Waals surface area contributed by atoms with Crippen LogP contribution in [0.2, 0.25) is 0 Å². The summed E-state index contributed by atoms with van der Waals surface area (Å²) in [5, 5.41) is 0. The number of piperazine rings is 1. The number of amides is 1. The van der Waals surface area contributed by atoms with Crippen LogP contribution in [0, 0.1) is 0 Å². The molecule has 1 aliphatic heterocycles. The minimum atomic E-state index is -3.60. The van der Waals surface area contributed by atoms with E-state index in [1.165, 1.54) is 17.7 Å². The highest BCUT2D eigenvalue weighted by molar-refractivity contribution is 7.89. The summed E-state index contributed by atoms with van der Waals surface area (Å²) in [6.45, 7) is 9.42. The summed E-state index contributed by atoms with van der Waals surface area (Å²) in [4.78, 5) is 17.2. The zero-order valence-electron chi connectivity index (χ0n) is 18.0. The van der Waals surface area contributed by atoms with Crippen molar-refractivity contribution < 1.29 is 13.2 Å². The molecule has 0 unspecified atom stereocenters. The van der Waals surface area contributed by atoms with Gasteiger partial charge >= 0.3 is 0 Å². The standard InChI is InChI=1S/C23H31N3O3S/c1-23(2,3)24-30(28,29)21-11-9-20(10-12-21)22(27)26-17-15-25(16-18-26)14-13-19-7-5-4-6-8-19/h4-12,24H,13-18H2,1-3H3. The maximum absolute atomic E-state index is 12.8. The lowest BCUT2D eigenvalue weighted by atomic mass is 10.1. The first-order valence-corrected chi connectivity index (χ1v) is 11.8. The fourth-order valence-electron chi connectivity index (χ4n) is 3.53. The van der Waals surface area contributed by atoms with Gasteiger partial charge in [0.25, 0.3) is 5.91 Å². The summed E-state index contributed by atoms with van der Waals surface area (Å²) in [6.07, 6.45) is 1.01. The Balaban J connectivity index is 1.53. The summed E-state index contributed by atoms with van der Waals surface area (Å²) >= 11 is 0. The molecule has 0 spiro atoms. The van der Waals surface area contributed by atoms with Crippen LogP contribution in [0.25, 0.3) is 0 Å². The number of carbonyl (C=O) groups excluding carboxylic acids is 1. The second kappa shape index (κ2) is 9.29. The van der Waals surface area contributed by atoms with E-state index in [4.69, 9.17) is 0 Å². The van der Waals surface area contributed by atoms with Crippen LogP contribution in [-0.2, 0) is 16.4 Å². The summed E-state index contributed by atoms with van der Waals surface area (Å²) in [5.41, 5.74) is 1.28. The van der Waals surface area contributed by atoms with Gasteiger partial charge in [-0.3, -0.25) is 9.69 Å². The summed E-state index contributed by atoms with van der Waals surface area (Å²) < 4.78 is 27.5. The third-order valence-electron chi connectivity index (χ3n) is 5.07. The number of sulfonamides is 1. The number of nitrogens with one attached hydrogen (secondary N) is 1. The smallest absolute Gasteiger partial charge is 0.253 e. The second-order valence-corrected chi connectivity index (χ2v) is 10.4. The van der Waals surface area contributed by atoms with Crippen LogP contribution < -0.4 is 4.72 Å². The molecular formula is C23H31N3O3S. The Morgan fingerprint density at radius 2 is 1.53 bits per heavy atom. The van der Waals surface area contributed by atoms with Crippen LogP contribution in [-0.4, -0.2) is 62.4 Å². The van der Waals surface area contributed by atoms with Crippen molar-refractivity contribution in [2.75, 3.05) is 32.7 Å². The van der Waals surface area contributed by atoms with Crippen LogP contribution in [0.5, 0.6) is 0 Å². The molecule has 0 atom stereocenters. The SMILES string of the molecule is CC(C)(C)NS(=O)(=O)c1ccc(C(=O)N2CCN(CCc3ccccc3)CC2)cc1. The van der Waals surface area contributed by atoms with Crippen LogP contribution in [0.4, 0.5) is 0 Å². The van der Waals surface area contributed by atoms with Gasteiger partial charge in [-0.1, -0.05) is 30.3 Å². The zero-order valence-corrected chi connectivity index (χ0v) is 18.8. The first-order chi connectivity index (χ1) is 14.1. The Bertz CT molecular complexity index is 943. The average molecular weight is 430 g/mol. The molecule has 2 aromatic carbocycles. The molecular weight excluding hydrogens is 398 g/mol. The largest absolute Gasteiger partial charge is 0.336 e. The number of carbonyl (C=O) groups is 1. The van der Waals surface area contributed by atoms with Crippen molar-refractivity contribution in [3.05, 3.63) is 65.7 Å². The Kier molecular flexibility index (Phi) is 6.95. The minimum Gasteiger partial charge on any atom is -0.336 e. The fourth-order valence-corrected chi connectivity index (χ4v) is 4.95. The van der Waals surface area contributed by atoms with E-state index in [2.05, 4.69) is 33.9 Å². The molecule has 1 saturated heterocycles. The highest BCUT2D eigenvalue weighted by Gasteiger charge is 2.24. The molecule has 1 amide bonds. The summed E-state index contributed by atoms with van der Waals surface area (Å²) in [7, 11) is -3.60. The van der Waals surface area contributed by atoms with Gasteiger partial charge in [0.1, 0.15) is 0 Å². The van der Waals surface area contributed by atoms with Crippen molar-refractivity contribution >= 4 is 15.9 Å². The van der Waals surface area contributed by atoms with Gasteiger partial charge in [0.2, 0.25) is 10.0 Å². The van der Waals surface area contributed by atoms with Crippen molar-refractivity contribution in [1.82, 2.24) is 14.5 Å². The van der Waals surface area contributed by atoms with Crippen LogP contribution in [0.15, 0.2) is 59.5 Å². The predicted molar refractivity (Wildman–Crippen MR) is 119 cm³/mol. The van der Waals surface area contributed by atoms with E-state index < -0.39 is 15.6 Å². The number of benzene rings is 2. The lowest BCUT2D eigenvalue weighted by Crippen LogP contribution is -2.49.